The van der Waals surface area contributed by atoms with E-state index in [4.69, 9.17) is 0 Å². The molecule has 0 radical (unpaired) electrons. The molecule has 0 aromatic carbocycles. The van der Waals surface area contributed by atoms with Gasteiger partial charge < -0.3 is 5.32 Å². The maximum Gasteiger partial charge on any atom is 0.00965 e. The number of rotatable bonds is 12. The topological polar surface area (TPSA) is 12.0 Å². The van der Waals surface area contributed by atoms with Gasteiger partial charge in [-0.05, 0) is 73.7 Å². The average Bonchev–Trinajstić information content (AvgIpc) is 3.22. The smallest absolute Gasteiger partial charge is 0.00965 e. The van der Waals surface area contributed by atoms with E-state index in [0.29, 0.717) is 0 Å². The lowest BCUT2D eigenvalue weighted by Crippen LogP contribution is -2.49. The maximum atomic E-state index is 4.41. The molecule has 0 amide bonds. The Kier molecular flexibility index (Phi) is 8.26. The van der Waals surface area contributed by atoms with Crippen LogP contribution in [0.15, 0.2) is 12.2 Å². The minimum atomic E-state index is 0.750. The van der Waals surface area contributed by atoms with Crippen LogP contribution in [0.1, 0.15) is 87.0 Å². The lowest BCUT2D eigenvalue weighted by molar-refractivity contribution is 0.000692. The van der Waals surface area contributed by atoms with Crippen LogP contribution >= 0.6 is 0 Å². The molecule has 1 nitrogen and oxygen atoms in total. The minimum absolute atomic E-state index is 0.750. The Labute approximate surface area is 164 Å². The third kappa shape index (κ3) is 5.60. The summed E-state index contributed by atoms with van der Waals surface area (Å²) in [6.07, 6.45) is 8.35. The van der Waals surface area contributed by atoms with Crippen molar-refractivity contribution in [3.05, 3.63) is 12.2 Å². The average molecular weight is 362 g/mol. The highest BCUT2D eigenvalue weighted by Gasteiger charge is 2.47. The van der Waals surface area contributed by atoms with Crippen molar-refractivity contribution >= 4 is 0 Å². The first-order valence-electron chi connectivity index (χ1n) is 11.6. The van der Waals surface area contributed by atoms with E-state index in [1.165, 1.54) is 50.6 Å². The molecule has 1 N–H and O–H groups in total. The SMILES string of the molecule is C=C(C)C1C(CNC2CC2C)CC1C(C(C)C)C(C)CCC(C)CCC. The van der Waals surface area contributed by atoms with Gasteiger partial charge in [-0.15, -0.1) is 0 Å². The molecule has 0 aromatic heterocycles. The molecule has 2 saturated carbocycles. The fraction of sp³-hybridized carbons (Fsp3) is 0.920. The van der Waals surface area contributed by atoms with Gasteiger partial charge in [0.1, 0.15) is 0 Å². The van der Waals surface area contributed by atoms with Crippen LogP contribution in [-0.4, -0.2) is 12.6 Å². The van der Waals surface area contributed by atoms with E-state index in [2.05, 4.69) is 60.4 Å². The van der Waals surface area contributed by atoms with Gasteiger partial charge in [0.05, 0.1) is 0 Å². The molecule has 0 aliphatic heterocycles. The van der Waals surface area contributed by atoms with Gasteiger partial charge in [0.15, 0.2) is 0 Å². The van der Waals surface area contributed by atoms with Gasteiger partial charge in [-0.1, -0.05) is 79.4 Å². The summed E-state index contributed by atoms with van der Waals surface area (Å²) in [5, 5.41) is 3.82. The molecule has 0 heterocycles. The van der Waals surface area contributed by atoms with Gasteiger partial charge in [0.2, 0.25) is 0 Å². The molecular formula is C25H47N. The van der Waals surface area contributed by atoms with Crippen LogP contribution in [0.4, 0.5) is 0 Å². The van der Waals surface area contributed by atoms with Crippen molar-refractivity contribution in [1.29, 1.82) is 0 Å². The van der Waals surface area contributed by atoms with Crippen LogP contribution in [0.25, 0.3) is 0 Å². The predicted octanol–water partition coefficient (Wildman–Crippen LogP) is 6.94. The number of hydrogen-bond acceptors (Lipinski definition) is 1. The lowest BCUT2D eigenvalue weighted by Gasteiger charge is -2.52. The van der Waals surface area contributed by atoms with E-state index >= 15 is 0 Å². The Bertz CT molecular complexity index is 439. The standard InChI is InChI=1S/C25H47N/c1-9-10-18(6)11-12-19(7)24(16(2)3)22-14-21(25(22)17(4)5)15-26-23-13-20(23)8/h16,18-26H,4,9-15H2,1-3,5-8H3. The molecule has 8 atom stereocenters. The van der Waals surface area contributed by atoms with Crippen LogP contribution in [0.5, 0.6) is 0 Å². The van der Waals surface area contributed by atoms with E-state index < -0.39 is 0 Å². The van der Waals surface area contributed by atoms with Crippen molar-refractivity contribution in [3.8, 4) is 0 Å². The summed E-state index contributed by atoms with van der Waals surface area (Å²) in [5.41, 5.74) is 1.44. The Morgan fingerprint density at radius 3 is 2.23 bits per heavy atom. The van der Waals surface area contributed by atoms with E-state index in [1.54, 1.807) is 0 Å². The Morgan fingerprint density at radius 2 is 1.73 bits per heavy atom. The van der Waals surface area contributed by atoms with Crippen LogP contribution in [0, 0.1) is 47.3 Å². The van der Waals surface area contributed by atoms with Gasteiger partial charge >= 0.3 is 0 Å². The molecule has 2 aliphatic rings. The highest BCUT2D eigenvalue weighted by Crippen LogP contribution is 2.52. The van der Waals surface area contributed by atoms with E-state index in [0.717, 1.165) is 53.4 Å². The van der Waals surface area contributed by atoms with Crippen molar-refractivity contribution in [2.75, 3.05) is 6.54 Å². The summed E-state index contributed by atoms with van der Waals surface area (Å²) < 4.78 is 0. The fourth-order valence-electron chi connectivity index (χ4n) is 6.03. The minimum Gasteiger partial charge on any atom is -0.313 e. The summed E-state index contributed by atoms with van der Waals surface area (Å²) in [4.78, 5) is 0. The van der Waals surface area contributed by atoms with E-state index in [1.807, 2.05) is 0 Å². The summed E-state index contributed by atoms with van der Waals surface area (Å²) in [6, 6.07) is 0.805. The molecule has 2 aliphatic carbocycles. The van der Waals surface area contributed by atoms with Gasteiger partial charge in [0.25, 0.3) is 0 Å². The zero-order valence-electron chi connectivity index (χ0n) is 18.9. The Hall–Kier alpha value is -0.300. The van der Waals surface area contributed by atoms with Gasteiger partial charge in [-0.3, -0.25) is 0 Å². The summed E-state index contributed by atoms with van der Waals surface area (Å²) in [6.45, 7) is 22.5. The van der Waals surface area contributed by atoms with Gasteiger partial charge in [-0.2, -0.15) is 0 Å². The second-order valence-electron chi connectivity index (χ2n) is 10.5. The monoisotopic (exact) mass is 361 g/mol. The summed E-state index contributed by atoms with van der Waals surface area (Å²) in [7, 11) is 0. The van der Waals surface area contributed by atoms with Crippen molar-refractivity contribution < 1.29 is 0 Å². The molecule has 0 spiro atoms. The first-order valence-corrected chi connectivity index (χ1v) is 11.6. The molecule has 8 unspecified atom stereocenters. The molecule has 0 aromatic rings. The zero-order chi connectivity index (χ0) is 19.4. The molecule has 26 heavy (non-hydrogen) atoms. The Balaban J connectivity index is 1.91. The van der Waals surface area contributed by atoms with E-state index in [9.17, 15) is 0 Å². The molecule has 0 bridgehead atoms. The molecule has 0 saturated heterocycles. The highest BCUT2D eigenvalue weighted by atomic mass is 15.0. The second-order valence-corrected chi connectivity index (χ2v) is 10.5. The third-order valence-corrected chi connectivity index (χ3v) is 7.68. The predicted molar refractivity (Wildman–Crippen MR) is 116 cm³/mol. The molecular weight excluding hydrogens is 314 g/mol. The molecule has 152 valence electrons. The first kappa shape index (κ1) is 22.0. The molecule has 2 fully saturated rings. The van der Waals surface area contributed by atoms with Crippen LogP contribution in [0.2, 0.25) is 0 Å². The number of hydrogen-bond donors (Lipinski definition) is 1. The first-order chi connectivity index (χ1) is 12.3. The van der Waals surface area contributed by atoms with Crippen LogP contribution in [0.3, 0.4) is 0 Å². The van der Waals surface area contributed by atoms with Crippen molar-refractivity contribution in [3.63, 3.8) is 0 Å². The summed E-state index contributed by atoms with van der Waals surface area (Å²) >= 11 is 0. The van der Waals surface area contributed by atoms with Crippen molar-refractivity contribution in [2.24, 2.45) is 47.3 Å². The number of nitrogens with one attached hydrogen (secondary N) is 1. The van der Waals surface area contributed by atoms with Crippen LogP contribution in [-0.2, 0) is 0 Å². The van der Waals surface area contributed by atoms with Crippen LogP contribution < -0.4 is 5.32 Å². The van der Waals surface area contributed by atoms with Gasteiger partial charge in [-0.25, -0.2) is 0 Å². The number of allylic oxidation sites excluding steroid dienone is 1. The highest BCUT2D eigenvalue weighted by molar-refractivity contribution is 5.11. The lowest BCUT2D eigenvalue weighted by atomic mass is 9.53. The Morgan fingerprint density at radius 1 is 1.08 bits per heavy atom. The van der Waals surface area contributed by atoms with Gasteiger partial charge in [0, 0.05) is 6.04 Å². The second kappa shape index (κ2) is 9.76. The zero-order valence-corrected chi connectivity index (χ0v) is 18.9. The maximum absolute atomic E-state index is 4.41. The van der Waals surface area contributed by atoms with E-state index in [-0.39, 0.29) is 0 Å². The summed E-state index contributed by atoms with van der Waals surface area (Å²) in [5.74, 6) is 6.74. The quantitative estimate of drug-likeness (QED) is 0.371. The third-order valence-electron chi connectivity index (χ3n) is 7.68. The molecule has 1 heteroatoms. The van der Waals surface area contributed by atoms with Crippen molar-refractivity contribution in [2.45, 2.75) is 93.0 Å². The fourth-order valence-corrected chi connectivity index (χ4v) is 6.03. The van der Waals surface area contributed by atoms with Crippen molar-refractivity contribution in [1.82, 2.24) is 5.32 Å². The largest absolute Gasteiger partial charge is 0.313 e. The molecule has 2 rings (SSSR count). The normalized spacial score (nSPS) is 34.2.